The van der Waals surface area contributed by atoms with Gasteiger partial charge in [0.05, 0.1) is 0 Å². The van der Waals surface area contributed by atoms with Gasteiger partial charge in [-0.2, -0.15) is 0 Å². The standard InChI is InChI=1S/C25H30N4/c1-5-20-18(3)29(22-15-11-10-14-21(22)25(20,4)6-2)24-23(26-16-17-27-24)28-19-12-8-7-9-13-19/h7-18,20H,5-6H2,1-4H3,(H,26,28). The van der Waals surface area contributed by atoms with Crippen LogP contribution in [0.5, 0.6) is 0 Å². The number of para-hydroxylation sites is 2. The van der Waals surface area contributed by atoms with Gasteiger partial charge in [0, 0.05) is 29.8 Å². The monoisotopic (exact) mass is 386 g/mol. The molecule has 2 heterocycles. The third-order valence-electron chi connectivity index (χ3n) is 6.70. The van der Waals surface area contributed by atoms with E-state index in [0.717, 1.165) is 30.2 Å². The van der Waals surface area contributed by atoms with Gasteiger partial charge in [-0.05, 0) is 48.4 Å². The molecule has 4 heteroatoms. The van der Waals surface area contributed by atoms with Crippen LogP contribution in [-0.4, -0.2) is 16.0 Å². The van der Waals surface area contributed by atoms with Crippen molar-refractivity contribution in [3.05, 3.63) is 72.6 Å². The van der Waals surface area contributed by atoms with E-state index in [1.807, 2.05) is 18.2 Å². The van der Waals surface area contributed by atoms with E-state index >= 15 is 0 Å². The van der Waals surface area contributed by atoms with Gasteiger partial charge in [-0.1, -0.05) is 63.6 Å². The maximum Gasteiger partial charge on any atom is 0.176 e. The lowest BCUT2D eigenvalue weighted by atomic mass is 9.63. The lowest BCUT2D eigenvalue weighted by Crippen LogP contribution is -2.50. The lowest BCUT2D eigenvalue weighted by Gasteiger charge is -2.51. The van der Waals surface area contributed by atoms with Gasteiger partial charge >= 0.3 is 0 Å². The minimum absolute atomic E-state index is 0.149. The van der Waals surface area contributed by atoms with Crippen LogP contribution in [-0.2, 0) is 5.41 Å². The number of aromatic nitrogens is 2. The highest BCUT2D eigenvalue weighted by molar-refractivity contribution is 5.77. The molecule has 0 aliphatic carbocycles. The fourth-order valence-electron chi connectivity index (χ4n) is 5.10. The first-order valence-electron chi connectivity index (χ1n) is 10.6. The number of fused-ring (bicyclic) bond motifs is 1. The highest BCUT2D eigenvalue weighted by atomic mass is 15.3. The molecule has 1 aromatic heterocycles. The number of nitrogens with zero attached hydrogens (tertiary/aromatic N) is 3. The summed E-state index contributed by atoms with van der Waals surface area (Å²) in [6.07, 6.45) is 5.78. The van der Waals surface area contributed by atoms with Crippen molar-refractivity contribution in [2.75, 3.05) is 10.2 Å². The maximum absolute atomic E-state index is 4.79. The molecular weight excluding hydrogens is 356 g/mol. The summed E-state index contributed by atoms with van der Waals surface area (Å²) in [5, 5.41) is 3.47. The topological polar surface area (TPSA) is 41.1 Å². The summed E-state index contributed by atoms with van der Waals surface area (Å²) in [6, 6.07) is 19.3. The maximum atomic E-state index is 4.79. The molecule has 0 spiro atoms. The molecule has 3 aromatic rings. The van der Waals surface area contributed by atoms with Crippen LogP contribution < -0.4 is 10.2 Å². The molecule has 0 radical (unpaired) electrons. The van der Waals surface area contributed by atoms with E-state index in [-0.39, 0.29) is 5.41 Å². The Morgan fingerprint density at radius 1 is 0.966 bits per heavy atom. The van der Waals surface area contributed by atoms with E-state index in [1.165, 1.54) is 11.3 Å². The Balaban J connectivity index is 1.86. The first kappa shape index (κ1) is 19.4. The van der Waals surface area contributed by atoms with Crippen LogP contribution in [0.15, 0.2) is 67.0 Å². The van der Waals surface area contributed by atoms with Crippen LogP contribution in [0.1, 0.15) is 46.1 Å². The Hall–Kier alpha value is -2.88. The Labute approximate surface area is 174 Å². The van der Waals surface area contributed by atoms with Crippen LogP contribution in [0.2, 0.25) is 0 Å². The molecule has 3 unspecified atom stereocenters. The normalized spacial score (nSPS) is 23.5. The lowest BCUT2D eigenvalue weighted by molar-refractivity contribution is 0.224. The third kappa shape index (κ3) is 3.27. The first-order valence-corrected chi connectivity index (χ1v) is 10.6. The van der Waals surface area contributed by atoms with Crippen molar-refractivity contribution in [2.45, 2.75) is 52.0 Å². The van der Waals surface area contributed by atoms with Crippen molar-refractivity contribution in [1.29, 1.82) is 0 Å². The van der Waals surface area contributed by atoms with E-state index in [4.69, 9.17) is 4.98 Å². The molecule has 1 N–H and O–H groups in total. The second-order valence-electron chi connectivity index (χ2n) is 8.13. The quantitative estimate of drug-likeness (QED) is 0.547. The fourth-order valence-corrected chi connectivity index (χ4v) is 5.10. The van der Waals surface area contributed by atoms with E-state index in [0.29, 0.717) is 12.0 Å². The second-order valence-corrected chi connectivity index (χ2v) is 8.13. The Morgan fingerprint density at radius 3 is 2.38 bits per heavy atom. The molecule has 0 saturated carbocycles. The zero-order valence-electron chi connectivity index (χ0n) is 17.8. The SMILES string of the molecule is CCC1C(C)N(c2nccnc2Nc2ccccc2)c2ccccc2C1(C)CC. The Kier molecular flexibility index (Phi) is 5.27. The van der Waals surface area contributed by atoms with Gasteiger partial charge in [0.25, 0.3) is 0 Å². The second kappa shape index (κ2) is 7.86. The molecule has 4 nitrogen and oxygen atoms in total. The number of rotatable bonds is 5. The molecule has 0 fully saturated rings. The molecule has 4 rings (SSSR count). The summed E-state index contributed by atoms with van der Waals surface area (Å²) in [4.78, 5) is 11.8. The van der Waals surface area contributed by atoms with Crippen LogP contribution >= 0.6 is 0 Å². The molecule has 150 valence electrons. The van der Waals surface area contributed by atoms with E-state index < -0.39 is 0 Å². The molecule has 1 aliphatic rings. The molecule has 0 amide bonds. The largest absolute Gasteiger partial charge is 0.337 e. The molecule has 29 heavy (non-hydrogen) atoms. The van der Waals surface area contributed by atoms with Crippen LogP contribution in [0.25, 0.3) is 0 Å². The van der Waals surface area contributed by atoms with Gasteiger partial charge in [0.2, 0.25) is 0 Å². The number of benzene rings is 2. The van der Waals surface area contributed by atoms with E-state index in [9.17, 15) is 0 Å². The Morgan fingerprint density at radius 2 is 1.66 bits per heavy atom. The third-order valence-corrected chi connectivity index (χ3v) is 6.70. The van der Waals surface area contributed by atoms with Crippen molar-refractivity contribution in [3.8, 4) is 0 Å². The molecule has 0 saturated heterocycles. The number of hydrogen-bond donors (Lipinski definition) is 1. The fraction of sp³-hybridized carbons (Fsp3) is 0.360. The van der Waals surface area contributed by atoms with E-state index in [2.05, 4.69) is 79.3 Å². The van der Waals surface area contributed by atoms with Crippen molar-refractivity contribution in [2.24, 2.45) is 5.92 Å². The van der Waals surface area contributed by atoms with Crippen molar-refractivity contribution < 1.29 is 0 Å². The van der Waals surface area contributed by atoms with Gasteiger partial charge in [0.15, 0.2) is 11.6 Å². The predicted octanol–water partition coefficient (Wildman–Crippen LogP) is 6.45. The van der Waals surface area contributed by atoms with Gasteiger partial charge in [0.1, 0.15) is 0 Å². The van der Waals surface area contributed by atoms with Gasteiger partial charge in [-0.3, -0.25) is 0 Å². The first-order chi connectivity index (χ1) is 14.1. The van der Waals surface area contributed by atoms with Crippen molar-refractivity contribution >= 4 is 23.0 Å². The summed E-state index contributed by atoms with van der Waals surface area (Å²) in [6.45, 7) is 9.38. The summed E-state index contributed by atoms with van der Waals surface area (Å²) < 4.78 is 0. The summed E-state index contributed by atoms with van der Waals surface area (Å²) in [7, 11) is 0. The van der Waals surface area contributed by atoms with Crippen LogP contribution in [0.4, 0.5) is 23.0 Å². The smallest absolute Gasteiger partial charge is 0.176 e. The number of anilines is 4. The number of nitrogens with one attached hydrogen (secondary N) is 1. The van der Waals surface area contributed by atoms with E-state index in [1.54, 1.807) is 12.4 Å². The number of hydrogen-bond acceptors (Lipinski definition) is 4. The summed E-state index contributed by atoms with van der Waals surface area (Å²) in [5.74, 6) is 2.19. The molecular formula is C25H30N4. The Bertz CT molecular complexity index is 971. The molecule has 3 atom stereocenters. The summed E-state index contributed by atoms with van der Waals surface area (Å²) >= 11 is 0. The average molecular weight is 387 g/mol. The van der Waals surface area contributed by atoms with Crippen LogP contribution in [0.3, 0.4) is 0 Å². The van der Waals surface area contributed by atoms with Gasteiger partial charge in [-0.15, -0.1) is 0 Å². The van der Waals surface area contributed by atoms with Crippen LogP contribution in [0, 0.1) is 5.92 Å². The summed E-state index contributed by atoms with van der Waals surface area (Å²) in [5.41, 5.74) is 3.81. The molecule has 1 aliphatic heterocycles. The zero-order valence-corrected chi connectivity index (χ0v) is 17.8. The molecule has 2 aromatic carbocycles. The predicted molar refractivity (Wildman–Crippen MR) is 121 cm³/mol. The minimum Gasteiger partial charge on any atom is -0.337 e. The minimum atomic E-state index is 0.149. The van der Waals surface area contributed by atoms with Gasteiger partial charge < -0.3 is 10.2 Å². The highest BCUT2D eigenvalue weighted by Gasteiger charge is 2.46. The molecule has 0 bridgehead atoms. The average Bonchev–Trinajstić information content (AvgIpc) is 2.76. The van der Waals surface area contributed by atoms with Crippen molar-refractivity contribution in [1.82, 2.24) is 9.97 Å². The van der Waals surface area contributed by atoms with Gasteiger partial charge in [-0.25, -0.2) is 9.97 Å². The zero-order chi connectivity index (χ0) is 20.4. The van der Waals surface area contributed by atoms with Crippen molar-refractivity contribution in [3.63, 3.8) is 0 Å². The highest BCUT2D eigenvalue weighted by Crippen LogP contribution is 2.52.